The van der Waals surface area contributed by atoms with E-state index in [1.54, 1.807) is 7.11 Å². The van der Waals surface area contributed by atoms with Gasteiger partial charge in [-0.3, -0.25) is 0 Å². The molecule has 3 heterocycles. The van der Waals surface area contributed by atoms with Crippen LogP contribution in [0.5, 0.6) is 0 Å². The molecule has 0 spiro atoms. The molecule has 0 amide bonds. The summed E-state index contributed by atoms with van der Waals surface area (Å²) >= 11 is 0. The van der Waals surface area contributed by atoms with Gasteiger partial charge >= 0.3 is 18.5 Å². The van der Waals surface area contributed by atoms with E-state index in [1.807, 2.05) is 6.92 Å². The fourth-order valence-corrected chi connectivity index (χ4v) is 8.57. The van der Waals surface area contributed by atoms with Gasteiger partial charge in [-0.2, -0.15) is 39.5 Å². The van der Waals surface area contributed by atoms with Gasteiger partial charge in [0.15, 0.2) is 0 Å². The van der Waals surface area contributed by atoms with Crippen molar-refractivity contribution in [3.8, 4) is 0 Å². The zero-order chi connectivity index (χ0) is 44.3. The number of halogens is 12. The third-order valence-electron chi connectivity index (χ3n) is 11.7. The lowest BCUT2D eigenvalue weighted by Crippen LogP contribution is -2.35. The van der Waals surface area contributed by atoms with Crippen LogP contribution in [0.2, 0.25) is 0 Å². The topological polar surface area (TPSA) is 19.0 Å². The average molecular weight is 870 g/mol. The van der Waals surface area contributed by atoms with Crippen LogP contribution in [0.4, 0.5) is 52.7 Å². The minimum atomic E-state index is -4.64. The highest BCUT2D eigenvalue weighted by molar-refractivity contribution is 5.36. The Morgan fingerprint density at radius 3 is 1.05 bits per heavy atom. The molecule has 4 nitrogen and oxygen atoms in total. The molecule has 0 radical (unpaired) electrons. The second-order valence-corrected chi connectivity index (χ2v) is 15.5. The molecule has 3 fully saturated rings. The van der Waals surface area contributed by atoms with Crippen LogP contribution in [0.3, 0.4) is 0 Å². The molecule has 0 saturated carbocycles. The highest BCUT2D eigenvalue weighted by atomic mass is 19.4. The summed E-state index contributed by atoms with van der Waals surface area (Å²) in [4.78, 5) is 6.61. The predicted molar refractivity (Wildman–Crippen MR) is 207 cm³/mol. The quantitative estimate of drug-likeness (QED) is 0.199. The SMILES string of the molecule is CCCN1CCC(c2cccc(F)c2C(F)(F)F)CC1.CCN1CCC(c2cccc(F)c2C(F)(F)F)CC1.COCCN1CCC(c2cccc(F)c2C(F)(F)F)CC1. The Kier molecular flexibility index (Phi) is 18.2. The first kappa shape index (κ1) is 49.3. The Hall–Kier alpha value is -3.34. The number of hydrogen-bond acceptors (Lipinski definition) is 4. The largest absolute Gasteiger partial charge is 0.419 e. The molecule has 3 aliphatic heterocycles. The molecule has 16 heteroatoms. The van der Waals surface area contributed by atoms with E-state index in [0.29, 0.717) is 58.2 Å². The Bertz CT molecular complexity index is 1760. The van der Waals surface area contributed by atoms with E-state index in [4.69, 9.17) is 4.74 Å². The van der Waals surface area contributed by atoms with Crippen LogP contribution < -0.4 is 0 Å². The molecule has 6 rings (SSSR count). The van der Waals surface area contributed by atoms with Crippen molar-refractivity contribution in [1.29, 1.82) is 0 Å². The second kappa shape index (κ2) is 22.1. The van der Waals surface area contributed by atoms with Crippen molar-refractivity contribution in [2.75, 3.05) is 72.6 Å². The van der Waals surface area contributed by atoms with Gasteiger partial charge in [0.1, 0.15) is 17.5 Å². The van der Waals surface area contributed by atoms with Crippen LogP contribution in [-0.2, 0) is 23.3 Å². The third kappa shape index (κ3) is 13.6. The van der Waals surface area contributed by atoms with Crippen LogP contribution >= 0.6 is 0 Å². The van der Waals surface area contributed by atoms with Crippen molar-refractivity contribution in [2.45, 2.75) is 95.1 Å². The molecule has 0 atom stereocenters. The van der Waals surface area contributed by atoms with Gasteiger partial charge in [0.2, 0.25) is 0 Å². The lowest BCUT2D eigenvalue weighted by atomic mass is 9.86. The fraction of sp³-hybridized carbons (Fsp3) is 0.591. The van der Waals surface area contributed by atoms with Crippen molar-refractivity contribution in [3.63, 3.8) is 0 Å². The molecule has 0 unspecified atom stereocenters. The average Bonchev–Trinajstić information content (AvgIpc) is 3.19. The molecule has 3 aromatic rings. The molecular weight excluding hydrogens is 814 g/mol. The molecule has 60 heavy (non-hydrogen) atoms. The highest BCUT2D eigenvalue weighted by Crippen LogP contribution is 2.43. The molecule has 3 saturated heterocycles. The molecule has 3 aliphatic rings. The minimum absolute atomic E-state index is 0.0916. The second-order valence-electron chi connectivity index (χ2n) is 15.5. The van der Waals surface area contributed by atoms with E-state index in [-0.39, 0.29) is 34.4 Å². The molecule has 336 valence electrons. The van der Waals surface area contributed by atoms with Crippen molar-refractivity contribution in [3.05, 3.63) is 105 Å². The van der Waals surface area contributed by atoms with Gasteiger partial charge in [0, 0.05) is 13.7 Å². The Morgan fingerprint density at radius 1 is 0.483 bits per heavy atom. The summed E-state index contributed by atoms with van der Waals surface area (Å²) in [6.45, 7) is 11.9. The maximum atomic E-state index is 13.6. The smallest absolute Gasteiger partial charge is 0.383 e. The van der Waals surface area contributed by atoms with Crippen LogP contribution in [-0.4, -0.2) is 87.3 Å². The first-order chi connectivity index (χ1) is 28.3. The molecule has 0 bridgehead atoms. The maximum Gasteiger partial charge on any atom is 0.419 e. The fourth-order valence-electron chi connectivity index (χ4n) is 8.57. The standard InChI is InChI=1S/C15H19F4NO.C15H19F4N.C14H17F4N/c1-21-10-9-20-7-5-11(6-8-20)12-3-2-4-13(16)14(12)15(17,18)19;1-2-8-20-9-6-11(7-10-20)12-4-3-5-13(16)14(12)15(17,18)19;1-2-19-8-6-10(7-9-19)11-4-3-5-12(15)13(11)14(16,17)18/h2-4,11H,5-10H2,1H3;3-5,11H,2,6-10H2,1H3;3-5,10H,2,6-9H2,1H3. The number of hydrogen-bond donors (Lipinski definition) is 0. The van der Waals surface area contributed by atoms with E-state index in [0.717, 1.165) is 70.4 Å². The molecule has 0 aromatic heterocycles. The van der Waals surface area contributed by atoms with Crippen LogP contribution in [0.15, 0.2) is 54.6 Å². The lowest BCUT2D eigenvalue weighted by molar-refractivity contribution is -0.141. The summed E-state index contributed by atoms with van der Waals surface area (Å²) in [5.74, 6) is -4.14. The summed E-state index contributed by atoms with van der Waals surface area (Å²) in [6, 6.07) is 11.0. The van der Waals surface area contributed by atoms with Crippen LogP contribution in [0.25, 0.3) is 0 Å². The van der Waals surface area contributed by atoms with Crippen molar-refractivity contribution in [1.82, 2.24) is 14.7 Å². The molecule has 3 aromatic carbocycles. The summed E-state index contributed by atoms with van der Waals surface area (Å²) < 4.78 is 163. The Morgan fingerprint density at radius 2 is 0.783 bits per heavy atom. The lowest BCUT2D eigenvalue weighted by Gasteiger charge is -2.33. The zero-order valence-electron chi connectivity index (χ0n) is 34.2. The van der Waals surface area contributed by atoms with Crippen LogP contribution in [0, 0.1) is 17.5 Å². The van der Waals surface area contributed by atoms with E-state index >= 15 is 0 Å². The normalized spacial score (nSPS) is 18.4. The number of likely N-dealkylation sites (tertiary alicyclic amines) is 3. The van der Waals surface area contributed by atoms with E-state index < -0.39 is 52.7 Å². The maximum absolute atomic E-state index is 13.6. The highest BCUT2D eigenvalue weighted by Gasteiger charge is 2.41. The van der Waals surface area contributed by atoms with Crippen LogP contribution in [0.1, 0.15) is 110 Å². The summed E-state index contributed by atoms with van der Waals surface area (Å²) in [7, 11) is 1.62. The third-order valence-corrected chi connectivity index (χ3v) is 11.7. The first-order valence-electron chi connectivity index (χ1n) is 20.5. The van der Waals surface area contributed by atoms with Gasteiger partial charge in [0.05, 0.1) is 23.3 Å². The van der Waals surface area contributed by atoms with Gasteiger partial charge in [-0.15, -0.1) is 0 Å². The van der Waals surface area contributed by atoms with Gasteiger partial charge < -0.3 is 19.4 Å². The molecule has 0 aliphatic carbocycles. The van der Waals surface area contributed by atoms with Crippen molar-refractivity contribution >= 4 is 0 Å². The number of piperidine rings is 3. The van der Waals surface area contributed by atoms with Gasteiger partial charge in [-0.25, -0.2) is 13.2 Å². The summed E-state index contributed by atoms with van der Waals surface area (Å²) in [5, 5.41) is 0. The number of benzene rings is 3. The summed E-state index contributed by atoms with van der Waals surface area (Å²) in [5.41, 5.74) is -2.93. The molecular formula is C44H55F12N3O. The number of alkyl halides is 9. The Balaban J connectivity index is 0.000000199. The van der Waals surface area contributed by atoms with Crippen molar-refractivity contribution in [2.24, 2.45) is 0 Å². The summed E-state index contributed by atoms with van der Waals surface area (Å²) in [6.07, 6.45) is -9.01. The Labute approximate surface area is 344 Å². The monoisotopic (exact) mass is 869 g/mol. The van der Waals surface area contributed by atoms with E-state index in [2.05, 4.69) is 21.6 Å². The number of rotatable bonds is 9. The predicted octanol–water partition coefficient (Wildman–Crippen LogP) is 12.1. The van der Waals surface area contributed by atoms with Gasteiger partial charge in [-0.05, 0) is 150 Å². The van der Waals surface area contributed by atoms with Gasteiger partial charge in [-0.1, -0.05) is 50.2 Å². The van der Waals surface area contributed by atoms with E-state index in [1.165, 1.54) is 36.4 Å². The molecule has 0 N–H and O–H groups in total. The number of ether oxygens (including phenoxy) is 1. The number of nitrogens with zero attached hydrogens (tertiary/aromatic N) is 3. The zero-order valence-corrected chi connectivity index (χ0v) is 34.2. The first-order valence-corrected chi connectivity index (χ1v) is 20.5. The van der Waals surface area contributed by atoms with E-state index in [9.17, 15) is 52.7 Å². The minimum Gasteiger partial charge on any atom is -0.383 e. The number of methoxy groups -OCH3 is 1. The van der Waals surface area contributed by atoms with Crippen molar-refractivity contribution < 1.29 is 57.4 Å². The van der Waals surface area contributed by atoms with Gasteiger partial charge in [0.25, 0.3) is 0 Å².